The molecule has 0 bridgehead atoms. The number of fused-ring (bicyclic) bond motifs is 1. The summed E-state index contributed by atoms with van der Waals surface area (Å²) in [6.45, 7) is 1.53. The van der Waals surface area contributed by atoms with Crippen LogP contribution in [0.3, 0.4) is 0 Å². The lowest BCUT2D eigenvalue weighted by molar-refractivity contribution is -0.0132. The summed E-state index contributed by atoms with van der Waals surface area (Å²) in [4.78, 5) is 4.18. The van der Waals surface area contributed by atoms with E-state index in [1.165, 1.54) is 6.20 Å². The van der Waals surface area contributed by atoms with Gasteiger partial charge in [-0.1, -0.05) is 0 Å². The van der Waals surface area contributed by atoms with Crippen LogP contribution in [-0.2, 0) is 12.8 Å². The zero-order valence-corrected chi connectivity index (χ0v) is 20.4. The Morgan fingerprint density at radius 2 is 1.67 bits per heavy atom. The molecule has 2 aromatic carbocycles. The average molecular weight is 505 g/mol. The third kappa shape index (κ3) is 5.81. The Labute approximate surface area is 208 Å². The third-order valence-electron chi connectivity index (χ3n) is 7.55. The van der Waals surface area contributed by atoms with Crippen LogP contribution in [0.1, 0.15) is 49.7 Å². The van der Waals surface area contributed by atoms with Crippen molar-refractivity contribution in [3.8, 4) is 5.75 Å². The molecule has 8 heteroatoms. The molecule has 2 heterocycles. The Hall–Kier alpha value is -2.71. The quantitative estimate of drug-likeness (QED) is 0.339. The fourth-order valence-electron chi connectivity index (χ4n) is 5.46. The van der Waals surface area contributed by atoms with Crippen molar-refractivity contribution in [2.75, 3.05) is 20.2 Å². The van der Waals surface area contributed by atoms with Crippen LogP contribution in [0.25, 0.3) is 10.9 Å². The van der Waals surface area contributed by atoms with Gasteiger partial charge in [-0.3, -0.25) is 4.98 Å². The lowest BCUT2D eigenvalue weighted by atomic mass is 9.69. The molecule has 2 N–H and O–H groups in total. The van der Waals surface area contributed by atoms with Crippen LogP contribution in [0.2, 0.25) is 0 Å². The Morgan fingerprint density at radius 1 is 0.972 bits per heavy atom. The summed E-state index contributed by atoms with van der Waals surface area (Å²) in [5, 5.41) is 15.2. The molecular weight excluding hydrogens is 472 g/mol. The van der Waals surface area contributed by atoms with Crippen molar-refractivity contribution in [1.82, 2.24) is 10.3 Å². The molecule has 4 nitrogen and oxygen atoms in total. The van der Waals surface area contributed by atoms with Gasteiger partial charge in [-0.2, -0.15) is 0 Å². The highest BCUT2D eigenvalue weighted by molar-refractivity contribution is 5.83. The number of aliphatic hydroxyl groups is 1. The highest BCUT2D eigenvalue weighted by atomic mass is 19.1. The second-order valence-electron chi connectivity index (χ2n) is 9.69. The summed E-state index contributed by atoms with van der Waals surface area (Å²) >= 11 is 0. The van der Waals surface area contributed by atoms with Gasteiger partial charge in [-0.15, -0.1) is 0 Å². The number of rotatable bonds is 10. The highest BCUT2D eigenvalue weighted by Crippen LogP contribution is 2.40. The number of aliphatic hydroxyl groups excluding tert-OH is 1. The summed E-state index contributed by atoms with van der Waals surface area (Å²) in [5.41, 5.74) is 0.768. The molecule has 0 amide bonds. The summed E-state index contributed by atoms with van der Waals surface area (Å²) < 4.78 is 61.2. The first kappa shape index (κ1) is 26.4. The van der Waals surface area contributed by atoms with Crippen LogP contribution in [0, 0.1) is 28.7 Å². The van der Waals surface area contributed by atoms with Crippen molar-refractivity contribution in [2.24, 2.45) is 5.41 Å². The molecule has 1 aliphatic rings. The Balaban J connectivity index is 1.43. The normalized spacial score (nSPS) is 16.3. The number of hydrogen-bond acceptors (Lipinski definition) is 4. The second-order valence-corrected chi connectivity index (χ2v) is 9.69. The maximum Gasteiger partial charge on any atom is 0.145 e. The topological polar surface area (TPSA) is 54.4 Å². The predicted molar refractivity (Wildman–Crippen MR) is 131 cm³/mol. The number of nitrogens with one attached hydrogen (secondary N) is 1. The average Bonchev–Trinajstić information content (AvgIpc) is 2.87. The summed E-state index contributed by atoms with van der Waals surface area (Å²) in [5.74, 6) is -2.47. The maximum atomic E-state index is 14.7. The molecule has 0 saturated carbocycles. The number of nitrogens with zero attached hydrogens (tertiary/aromatic N) is 1. The van der Waals surface area contributed by atoms with Crippen molar-refractivity contribution >= 4 is 10.9 Å². The fraction of sp³-hybridized carbons (Fsp3) is 0.464. The Morgan fingerprint density at radius 3 is 2.36 bits per heavy atom. The molecule has 1 unspecified atom stereocenters. The molecular formula is C28H32F4N2O2. The van der Waals surface area contributed by atoms with E-state index in [0.717, 1.165) is 31.3 Å². The number of aryl methyl sites for hydroxylation is 1. The van der Waals surface area contributed by atoms with Gasteiger partial charge in [0.15, 0.2) is 0 Å². The third-order valence-corrected chi connectivity index (χ3v) is 7.55. The van der Waals surface area contributed by atoms with E-state index in [1.807, 2.05) is 6.07 Å². The number of aromatic nitrogens is 1. The maximum absolute atomic E-state index is 14.7. The van der Waals surface area contributed by atoms with Crippen LogP contribution in [0.4, 0.5) is 17.6 Å². The number of piperidine rings is 1. The number of methoxy groups -OCH3 is 1. The fourth-order valence-corrected chi connectivity index (χ4v) is 5.46. The number of benzene rings is 2. The molecule has 4 rings (SSSR count). The number of hydrogen-bond donors (Lipinski definition) is 2. The number of halogens is 4. The van der Waals surface area contributed by atoms with E-state index < -0.39 is 23.6 Å². The van der Waals surface area contributed by atoms with Gasteiger partial charge >= 0.3 is 0 Å². The molecule has 0 spiro atoms. The van der Waals surface area contributed by atoms with E-state index in [9.17, 15) is 22.7 Å². The van der Waals surface area contributed by atoms with Crippen LogP contribution in [0.15, 0.2) is 36.5 Å². The van der Waals surface area contributed by atoms with Crippen molar-refractivity contribution in [3.05, 3.63) is 70.9 Å². The van der Waals surface area contributed by atoms with Gasteiger partial charge in [0.25, 0.3) is 0 Å². The molecule has 0 radical (unpaired) electrons. The summed E-state index contributed by atoms with van der Waals surface area (Å²) in [6, 6.07) is 6.76. The standard InChI is InChI=1S/C28H32F4N2O2/c1-36-19-7-8-26-22(16-19)20(25(32)17-34-26)5-3-9-28(10-12-33-13-11-28)27(35)6-2-4-21-23(30)14-18(29)15-24(21)31/h7-8,14-17,27,33,35H,2-6,9-13H2,1H3. The molecule has 1 atom stereocenters. The van der Waals surface area contributed by atoms with Crippen LogP contribution in [-0.4, -0.2) is 36.4 Å². The number of pyridine rings is 1. The minimum absolute atomic E-state index is 0.0827. The molecule has 36 heavy (non-hydrogen) atoms. The molecule has 1 fully saturated rings. The van der Waals surface area contributed by atoms with Gasteiger partial charge < -0.3 is 15.2 Å². The minimum Gasteiger partial charge on any atom is -0.497 e. The van der Waals surface area contributed by atoms with Gasteiger partial charge in [-0.25, -0.2) is 17.6 Å². The van der Waals surface area contributed by atoms with Crippen molar-refractivity contribution < 1.29 is 27.4 Å². The van der Waals surface area contributed by atoms with Gasteiger partial charge in [0.2, 0.25) is 0 Å². The van der Waals surface area contributed by atoms with Gasteiger partial charge in [0.1, 0.15) is 29.0 Å². The number of ether oxygens (including phenoxy) is 1. The van der Waals surface area contributed by atoms with E-state index in [-0.39, 0.29) is 23.2 Å². The van der Waals surface area contributed by atoms with E-state index in [1.54, 1.807) is 19.2 Å². The van der Waals surface area contributed by atoms with Crippen LogP contribution < -0.4 is 10.1 Å². The molecule has 3 aromatic rings. The first-order valence-corrected chi connectivity index (χ1v) is 12.5. The van der Waals surface area contributed by atoms with E-state index in [0.29, 0.717) is 61.1 Å². The zero-order valence-electron chi connectivity index (χ0n) is 20.4. The molecule has 1 saturated heterocycles. The summed E-state index contributed by atoms with van der Waals surface area (Å²) in [6.07, 6.45) is 4.80. The van der Waals surface area contributed by atoms with Crippen molar-refractivity contribution in [1.29, 1.82) is 0 Å². The largest absolute Gasteiger partial charge is 0.497 e. The van der Waals surface area contributed by atoms with E-state index in [4.69, 9.17) is 4.74 Å². The van der Waals surface area contributed by atoms with E-state index in [2.05, 4.69) is 10.3 Å². The zero-order chi connectivity index (χ0) is 25.7. The lowest BCUT2D eigenvalue weighted by Crippen LogP contribution is -2.44. The first-order chi connectivity index (χ1) is 17.3. The molecule has 1 aliphatic heterocycles. The lowest BCUT2D eigenvalue weighted by Gasteiger charge is -2.42. The SMILES string of the molecule is COc1ccc2ncc(F)c(CCCC3(C(O)CCCc4c(F)cc(F)cc4F)CCNCC3)c2c1. The first-order valence-electron chi connectivity index (χ1n) is 12.5. The molecule has 194 valence electrons. The van der Waals surface area contributed by atoms with Crippen LogP contribution >= 0.6 is 0 Å². The highest BCUT2D eigenvalue weighted by Gasteiger charge is 2.38. The van der Waals surface area contributed by atoms with E-state index >= 15 is 0 Å². The minimum atomic E-state index is -0.945. The Bertz CT molecular complexity index is 1170. The van der Waals surface area contributed by atoms with Gasteiger partial charge in [-0.05, 0) is 93.6 Å². The smallest absolute Gasteiger partial charge is 0.145 e. The monoisotopic (exact) mass is 504 g/mol. The molecule has 0 aliphatic carbocycles. The van der Waals surface area contributed by atoms with Gasteiger partial charge in [0, 0.05) is 23.1 Å². The van der Waals surface area contributed by atoms with Crippen molar-refractivity contribution in [3.63, 3.8) is 0 Å². The van der Waals surface area contributed by atoms with Gasteiger partial charge in [0.05, 0.1) is 24.9 Å². The van der Waals surface area contributed by atoms with Crippen LogP contribution in [0.5, 0.6) is 5.75 Å². The Kier molecular flexibility index (Phi) is 8.46. The van der Waals surface area contributed by atoms with Crippen molar-refractivity contribution in [2.45, 2.75) is 57.5 Å². The predicted octanol–water partition coefficient (Wildman–Crippen LogP) is 5.88. The second kappa shape index (κ2) is 11.6. The summed E-state index contributed by atoms with van der Waals surface area (Å²) in [7, 11) is 1.56. The molecule has 1 aromatic heterocycles.